The van der Waals surface area contributed by atoms with Crippen LogP contribution in [0.15, 0.2) is 24.4 Å². The summed E-state index contributed by atoms with van der Waals surface area (Å²) in [5.74, 6) is -0.0776. The van der Waals surface area contributed by atoms with Gasteiger partial charge in [-0.2, -0.15) is 0 Å². The van der Waals surface area contributed by atoms with Gasteiger partial charge < -0.3 is 0 Å². The summed E-state index contributed by atoms with van der Waals surface area (Å²) in [7, 11) is 1.69. The second kappa shape index (κ2) is 3.66. The molecule has 1 aromatic rings. The number of nitrogens with zero attached hydrogens (tertiary/aromatic N) is 2. The zero-order valence-electron chi connectivity index (χ0n) is 5.99. The van der Waals surface area contributed by atoms with Gasteiger partial charge in [0.25, 0.3) is 5.91 Å². The third-order valence-electron chi connectivity index (χ3n) is 1.16. The third kappa shape index (κ3) is 2.14. The first kappa shape index (κ1) is 8.45. The lowest BCUT2D eigenvalue weighted by Crippen LogP contribution is -2.16. The number of aromatic nitrogens is 1. The average molecular weight is 262 g/mol. The first-order valence-corrected chi connectivity index (χ1v) is 4.03. The monoisotopic (exact) mass is 262 g/mol. The minimum Gasteiger partial charge on any atom is -0.283 e. The van der Waals surface area contributed by atoms with Crippen molar-refractivity contribution in [3.8, 4) is 0 Å². The van der Waals surface area contributed by atoms with Crippen LogP contribution in [-0.2, 0) is 0 Å². The van der Waals surface area contributed by atoms with Gasteiger partial charge >= 0.3 is 0 Å². The van der Waals surface area contributed by atoms with Crippen molar-refractivity contribution < 1.29 is 4.79 Å². The van der Waals surface area contributed by atoms with E-state index in [-0.39, 0.29) is 5.91 Å². The van der Waals surface area contributed by atoms with Crippen molar-refractivity contribution in [1.82, 2.24) is 8.10 Å². The molecule has 0 fully saturated rings. The van der Waals surface area contributed by atoms with Crippen LogP contribution in [0, 0.1) is 0 Å². The molecule has 3 nitrogen and oxygen atoms in total. The van der Waals surface area contributed by atoms with Crippen molar-refractivity contribution in [2.75, 3.05) is 7.05 Å². The van der Waals surface area contributed by atoms with Gasteiger partial charge in [0.15, 0.2) is 0 Å². The molecule has 11 heavy (non-hydrogen) atoms. The standard InChI is InChI=1S/C7H7IN2O/c1-10(8)7(11)6-4-2-3-5-9-6/h2-5H,1H3. The molecular formula is C7H7IN2O. The molecule has 0 aromatic carbocycles. The Balaban J connectivity index is 2.86. The molecule has 58 valence electrons. The highest BCUT2D eigenvalue weighted by Gasteiger charge is 2.08. The summed E-state index contributed by atoms with van der Waals surface area (Å²) in [4.78, 5) is 15.1. The third-order valence-corrected chi connectivity index (χ3v) is 1.60. The molecular weight excluding hydrogens is 255 g/mol. The molecule has 0 aliphatic rings. The van der Waals surface area contributed by atoms with Crippen LogP contribution in [0.2, 0.25) is 0 Å². The number of hydrogen-bond acceptors (Lipinski definition) is 2. The lowest BCUT2D eigenvalue weighted by atomic mass is 10.3. The van der Waals surface area contributed by atoms with E-state index in [1.54, 1.807) is 31.4 Å². The Labute approximate surface area is 78.9 Å². The Hall–Kier alpha value is -0.650. The molecule has 0 bridgehead atoms. The fourth-order valence-corrected chi connectivity index (χ4v) is 0.894. The maximum atomic E-state index is 11.2. The zero-order valence-corrected chi connectivity index (χ0v) is 8.15. The summed E-state index contributed by atoms with van der Waals surface area (Å²) in [5.41, 5.74) is 0.476. The van der Waals surface area contributed by atoms with Crippen molar-refractivity contribution in [1.29, 1.82) is 0 Å². The van der Waals surface area contributed by atoms with Gasteiger partial charge in [0, 0.05) is 13.2 Å². The summed E-state index contributed by atoms with van der Waals surface area (Å²) < 4.78 is 1.47. The van der Waals surface area contributed by atoms with E-state index in [0.29, 0.717) is 5.69 Å². The van der Waals surface area contributed by atoms with Gasteiger partial charge in [0.05, 0.1) is 22.9 Å². The van der Waals surface area contributed by atoms with E-state index in [2.05, 4.69) is 4.98 Å². The van der Waals surface area contributed by atoms with E-state index in [1.165, 1.54) is 3.11 Å². The number of rotatable bonds is 1. The van der Waals surface area contributed by atoms with Gasteiger partial charge in [0.2, 0.25) is 0 Å². The largest absolute Gasteiger partial charge is 0.283 e. The van der Waals surface area contributed by atoms with Crippen LogP contribution >= 0.6 is 22.9 Å². The molecule has 1 amide bonds. The maximum Gasteiger partial charge on any atom is 0.280 e. The summed E-state index contributed by atoms with van der Waals surface area (Å²) in [6.45, 7) is 0. The summed E-state index contributed by atoms with van der Waals surface area (Å²) in [6, 6.07) is 5.27. The Bertz CT molecular complexity index is 248. The average Bonchev–Trinajstić information content (AvgIpc) is 2.05. The molecule has 0 aliphatic heterocycles. The molecule has 0 unspecified atom stereocenters. The molecule has 0 aliphatic carbocycles. The number of amides is 1. The minimum absolute atomic E-state index is 0.0776. The molecule has 0 saturated carbocycles. The van der Waals surface area contributed by atoms with Crippen molar-refractivity contribution in [3.63, 3.8) is 0 Å². The fourth-order valence-electron chi connectivity index (χ4n) is 0.647. The van der Waals surface area contributed by atoms with E-state index in [4.69, 9.17) is 0 Å². The first-order valence-electron chi connectivity index (χ1n) is 3.06. The van der Waals surface area contributed by atoms with Gasteiger partial charge in [-0.1, -0.05) is 6.07 Å². The van der Waals surface area contributed by atoms with E-state index >= 15 is 0 Å². The van der Waals surface area contributed by atoms with Crippen LogP contribution in [0.3, 0.4) is 0 Å². The number of hydrogen-bond donors (Lipinski definition) is 0. The predicted molar refractivity (Wildman–Crippen MR) is 50.4 cm³/mol. The number of pyridine rings is 1. The second-order valence-corrected chi connectivity index (χ2v) is 3.44. The quantitative estimate of drug-likeness (QED) is 0.567. The Morgan fingerprint density at radius 3 is 2.82 bits per heavy atom. The van der Waals surface area contributed by atoms with Crippen LogP contribution in [0.25, 0.3) is 0 Å². The smallest absolute Gasteiger partial charge is 0.280 e. The molecule has 0 saturated heterocycles. The van der Waals surface area contributed by atoms with E-state index in [1.807, 2.05) is 22.9 Å². The highest BCUT2D eigenvalue weighted by atomic mass is 127. The summed E-state index contributed by atoms with van der Waals surface area (Å²) in [5, 5.41) is 0. The van der Waals surface area contributed by atoms with Gasteiger partial charge in [-0.3, -0.25) is 12.9 Å². The summed E-state index contributed by atoms with van der Waals surface area (Å²) >= 11 is 1.92. The lowest BCUT2D eigenvalue weighted by molar-refractivity contribution is 0.0901. The second-order valence-electron chi connectivity index (χ2n) is 2.00. The highest BCUT2D eigenvalue weighted by Crippen LogP contribution is 2.02. The number of carbonyl (C=O) groups is 1. The summed E-state index contributed by atoms with van der Waals surface area (Å²) in [6.07, 6.45) is 1.60. The van der Waals surface area contributed by atoms with Gasteiger partial charge in [0.1, 0.15) is 5.69 Å². The molecule has 1 rings (SSSR count). The van der Waals surface area contributed by atoms with Gasteiger partial charge in [-0.15, -0.1) is 0 Å². The van der Waals surface area contributed by atoms with E-state index in [9.17, 15) is 4.79 Å². The molecule has 0 N–H and O–H groups in total. The van der Waals surface area contributed by atoms with Crippen LogP contribution in [-0.4, -0.2) is 21.1 Å². The van der Waals surface area contributed by atoms with Crippen LogP contribution < -0.4 is 0 Å². The van der Waals surface area contributed by atoms with Crippen molar-refractivity contribution in [2.45, 2.75) is 0 Å². The van der Waals surface area contributed by atoms with Crippen molar-refractivity contribution in [3.05, 3.63) is 30.1 Å². The van der Waals surface area contributed by atoms with Crippen molar-refractivity contribution >= 4 is 28.8 Å². The predicted octanol–water partition coefficient (Wildman–Crippen LogP) is 1.50. The molecule has 1 aromatic heterocycles. The van der Waals surface area contributed by atoms with Crippen LogP contribution in [0.4, 0.5) is 0 Å². The number of carbonyl (C=O) groups excluding carboxylic acids is 1. The molecule has 0 spiro atoms. The highest BCUT2D eigenvalue weighted by molar-refractivity contribution is 14.1. The SMILES string of the molecule is CN(I)C(=O)c1ccccn1. The van der Waals surface area contributed by atoms with Crippen molar-refractivity contribution in [2.24, 2.45) is 0 Å². The Morgan fingerprint density at radius 2 is 2.36 bits per heavy atom. The normalized spacial score (nSPS) is 9.27. The topological polar surface area (TPSA) is 33.2 Å². The van der Waals surface area contributed by atoms with Crippen LogP contribution in [0.1, 0.15) is 10.5 Å². The fraction of sp³-hybridized carbons (Fsp3) is 0.143. The number of halogens is 1. The zero-order chi connectivity index (χ0) is 8.27. The van der Waals surface area contributed by atoms with E-state index in [0.717, 1.165) is 0 Å². The minimum atomic E-state index is -0.0776. The van der Waals surface area contributed by atoms with Crippen LogP contribution in [0.5, 0.6) is 0 Å². The van der Waals surface area contributed by atoms with Gasteiger partial charge in [-0.05, 0) is 12.1 Å². The first-order chi connectivity index (χ1) is 5.22. The molecule has 0 radical (unpaired) electrons. The molecule has 1 heterocycles. The van der Waals surface area contributed by atoms with E-state index < -0.39 is 0 Å². The Kier molecular flexibility index (Phi) is 2.81. The maximum absolute atomic E-state index is 11.2. The molecule has 0 atom stereocenters. The Morgan fingerprint density at radius 1 is 1.64 bits per heavy atom. The lowest BCUT2D eigenvalue weighted by Gasteiger charge is -2.05. The molecule has 4 heteroatoms. The van der Waals surface area contributed by atoms with Gasteiger partial charge in [-0.25, -0.2) is 0 Å².